The Hall–Kier alpha value is -3.48. The Labute approximate surface area is 181 Å². The Morgan fingerprint density at radius 1 is 1.23 bits per heavy atom. The third kappa shape index (κ3) is 5.53. The summed E-state index contributed by atoms with van der Waals surface area (Å²) in [5.41, 5.74) is 1.95. The number of nitrogens with one attached hydrogen (secondary N) is 1. The number of esters is 1. The predicted molar refractivity (Wildman–Crippen MR) is 116 cm³/mol. The molecule has 0 atom stereocenters. The van der Waals surface area contributed by atoms with Gasteiger partial charge >= 0.3 is 5.97 Å². The number of nitriles is 1. The third-order valence-corrected chi connectivity index (χ3v) is 5.12. The lowest BCUT2D eigenvalue weighted by atomic mass is 10.1. The summed E-state index contributed by atoms with van der Waals surface area (Å²) in [5.74, 6) is -0.669. The van der Waals surface area contributed by atoms with E-state index in [1.165, 1.54) is 17.8 Å². The molecule has 0 aliphatic heterocycles. The fourth-order valence-corrected chi connectivity index (χ4v) is 3.51. The highest BCUT2D eigenvalue weighted by atomic mass is 32.2. The van der Waals surface area contributed by atoms with E-state index in [4.69, 9.17) is 4.74 Å². The van der Waals surface area contributed by atoms with Gasteiger partial charge in [0.25, 0.3) is 5.91 Å². The average molecular weight is 437 g/mol. The van der Waals surface area contributed by atoms with Crippen molar-refractivity contribution in [2.75, 3.05) is 11.6 Å². The van der Waals surface area contributed by atoms with Crippen LogP contribution in [0.5, 0.6) is 5.75 Å². The number of rotatable bonds is 6. The number of anilines is 1. The van der Waals surface area contributed by atoms with E-state index in [0.29, 0.717) is 27.2 Å². The number of hydrogen-bond acceptors (Lipinski definition) is 8. The Bertz CT molecular complexity index is 1150. The van der Waals surface area contributed by atoms with Crippen LogP contribution in [0.4, 0.5) is 5.13 Å². The second-order valence-electron chi connectivity index (χ2n) is 6.04. The molecule has 1 heterocycles. The number of aromatic nitrogens is 2. The Kier molecular flexibility index (Phi) is 6.95. The van der Waals surface area contributed by atoms with Crippen molar-refractivity contribution in [2.45, 2.75) is 12.1 Å². The second kappa shape index (κ2) is 9.82. The van der Waals surface area contributed by atoms with Gasteiger partial charge in [-0.25, -0.2) is 4.79 Å². The van der Waals surface area contributed by atoms with Gasteiger partial charge in [-0.15, -0.1) is 0 Å². The van der Waals surface area contributed by atoms with Crippen LogP contribution in [0.15, 0.2) is 59.3 Å². The zero-order valence-electron chi connectivity index (χ0n) is 16.1. The second-order valence-corrected chi connectivity index (χ2v) is 7.56. The first-order valence-electron chi connectivity index (χ1n) is 8.68. The van der Waals surface area contributed by atoms with Crippen molar-refractivity contribution >= 4 is 46.4 Å². The number of carbonyl (C=O) groups excluding carboxylic acids is 2. The number of carbonyl (C=O) groups is 2. The van der Waals surface area contributed by atoms with E-state index < -0.39 is 11.9 Å². The molecule has 1 aromatic heterocycles. The molecule has 3 rings (SSSR count). The minimum Gasteiger partial charge on any atom is -0.423 e. The summed E-state index contributed by atoms with van der Waals surface area (Å²) in [7, 11) is 0. The van der Waals surface area contributed by atoms with Crippen LogP contribution in [-0.2, 0) is 4.79 Å². The van der Waals surface area contributed by atoms with Crippen molar-refractivity contribution in [2.24, 2.45) is 0 Å². The van der Waals surface area contributed by atoms with E-state index in [-0.39, 0.29) is 5.57 Å². The van der Waals surface area contributed by atoms with Crippen molar-refractivity contribution in [1.82, 2.24) is 9.36 Å². The van der Waals surface area contributed by atoms with Gasteiger partial charge in [0.1, 0.15) is 17.4 Å². The van der Waals surface area contributed by atoms with Crippen LogP contribution in [0.1, 0.15) is 21.5 Å². The van der Waals surface area contributed by atoms with Crippen LogP contribution in [0.3, 0.4) is 0 Å². The molecule has 7 nitrogen and oxygen atoms in total. The number of aryl methyl sites for hydroxylation is 1. The van der Waals surface area contributed by atoms with E-state index in [2.05, 4.69) is 14.7 Å². The van der Waals surface area contributed by atoms with Gasteiger partial charge in [-0.2, -0.15) is 14.6 Å². The maximum atomic E-state index is 12.3. The molecule has 0 spiro atoms. The van der Waals surface area contributed by atoms with Gasteiger partial charge < -0.3 is 4.74 Å². The summed E-state index contributed by atoms with van der Waals surface area (Å²) in [6.45, 7) is 1.90. The van der Waals surface area contributed by atoms with Crippen molar-refractivity contribution in [3.05, 3.63) is 70.8 Å². The molecule has 30 heavy (non-hydrogen) atoms. The fraction of sp³-hybridized carbons (Fsp3) is 0.0952. The lowest BCUT2D eigenvalue weighted by Crippen LogP contribution is -2.13. The van der Waals surface area contributed by atoms with Crippen molar-refractivity contribution in [3.8, 4) is 11.8 Å². The molecule has 3 aromatic rings. The summed E-state index contributed by atoms with van der Waals surface area (Å²) in [4.78, 5) is 28.6. The molecule has 0 fully saturated rings. The van der Waals surface area contributed by atoms with Gasteiger partial charge in [-0.05, 0) is 49.1 Å². The van der Waals surface area contributed by atoms with Gasteiger partial charge in [0.2, 0.25) is 10.3 Å². The molecule has 2 aromatic carbocycles. The molecule has 0 aliphatic carbocycles. The molecule has 0 saturated heterocycles. The number of ether oxygens (including phenoxy) is 1. The molecule has 1 amide bonds. The number of hydrogen-bond donors (Lipinski definition) is 1. The van der Waals surface area contributed by atoms with Crippen LogP contribution >= 0.6 is 23.3 Å². The van der Waals surface area contributed by atoms with Gasteiger partial charge in [0, 0.05) is 11.5 Å². The molecule has 0 bridgehead atoms. The van der Waals surface area contributed by atoms with Crippen LogP contribution < -0.4 is 10.1 Å². The van der Waals surface area contributed by atoms with Gasteiger partial charge in [0.05, 0.1) is 5.56 Å². The highest BCUT2D eigenvalue weighted by Gasteiger charge is 2.13. The zero-order valence-corrected chi connectivity index (χ0v) is 17.7. The molecule has 9 heteroatoms. The quantitative estimate of drug-likeness (QED) is 0.201. The van der Waals surface area contributed by atoms with E-state index >= 15 is 0 Å². The molecule has 0 radical (unpaired) electrons. The van der Waals surface area contributed by atoms with Gasteiger partial charge in [0.15, 0.2) is 0 Å². The smallest absolute Gasteiger partial charge is 0.343 e. The zero-order chi connectivity index (χ0) is 21.5. The Balaban J connectivity index is 1.68. The number of amides is 1. The number of nitrogens with zero attached hydrogens (tertiary/aromatic N) is 3. The van der Waals surface area contributed by atoms with Crippen LogP contribution in [0, 0.1) is 18.3 Å². The standard InChI is InChI=1S/C21H16N4O3S2/c1-13-4-3-5-15(10-13)19(27)28-17-8-6-14(7-9-17)11-16(12-22)18(26)23-20-24-21(29-2)25-30-20/h3-11H,1-2H3,(H,23,24,25,26)/b16-11-. The van der Waals surface area contributed by atoms with E-state index in [1.807, 2.05) is 25.3 Å². The first kappa shape index (κ1) is 21.2. The van der Waals surface area contributed by atoms with Gasteiger partial charge in [-0.1, -0.05) is 41.6 Å². The largest absolute Gasteiger partial charge is 0.423 e. The molecule has 0 saturated carbocycles. The molecular formula is C21H16N4O3S2. The first-order chi connectivity index (χ1) is 14.5. The normalized spacial score (nSPS) is 10.9. The highest BCUT2D eigenvalue weighted by molar-refractivity contribution is 7.98. The maximum absolute atomic E-state index is 12.3. The summed E-state index contributed by atoms with van der Waals surface area (Å²) in [6, 6.07) is 15.5. The van der Waals surface area contributed by atoms with Crippen LogP contribution in [0.25, 0.3) is 6.08 Å². The van der Waals surface area contributed by atoms with Crippen LogP contribution in [0.2, 0.25) is 0 Å². The molecule has 0 unspecified atom stereocenters. The lowest BCUT2D eigenvalue weighted by molar-refractivity contribution is -0.112. The van der Waals surface area contributed by atoms with Gasteiger partial charge in [-0.3, -0.25) is 10.1 Å². The minimum absolute atomic E-state index is 0.0830. The molecule has 150 valence electrons. The number of benzene rings is 2. The van der Waals surface area contributed by atoms with Crippen molar-refractivity contribution < 1.29 is 14.3 Å². The molecule has 0 aliphatic rings. The Morgan fingerprint density at radius 2 is 2.00 bits per heavy atom. The SMILES string of the molecule is CSc1nsc(NC(=O)/C(C#N)=C\c2ccc(OC(=O)c3cccc(C)c3)cc2)n1. The van der Waals surface area contributed by atoms with Crippen molar-refractivity contribution in [1.29, 1.82) is 5.26 Å². The monoisotopic (exact) mass is 436 g/mol. The first-order valence-corrected chi connectivity index (χ1v) is 10.7. The minimum atomic E-state index is -0.573. The third-order valence-electron chi connectivity index (χ3n) is 3.83. The van der Waals surface area contributed by atoms with E-state index in [0.717, 1.165) is 17.1 Å². The maximum Gasteiger partial charge on any atom is 0.343 e. The molecular weight excluding hydrogens is 420 g/mol. The fourth-order valence-electron chi connectivity index (χ4n) is 2.39. The Morgan fingerprint density at radius 3 is 2.63 bits per heavy atom. The summed E-state index contributed by atoms with van der Waals surface area (Å²) in [5, 5.41) is 12.8. The average Bonchev–Trinajstić information content (AvgIpc) is 3.20. The van der Waals surface area contributed by atoms with E-state index in [9.17, 15) is 14.9 Å². The summed E-state index contributed by atoms with van der Waals surface area (Å²) < 4.78 is 9.41. The topological polar surface area (TPSA) is 105 Å². The molecule has 1 N–H and O–H groups in total. The van der Waals surface area contributed by atoms with Crippen molar-refractivity contribution in [3.63, 3.8) is 0 Å². The summed E-state index contributed by atoms with van der Waals surface area (Å²) in [6.07, 6.45) is 3.27. The lowest BCUT2D eigenvalue weighted by Gasteiger charge is -2.05. The van der Waals surface area contributed by atoms with E-state index in [1.54, 1.807) is 42.5 Å². The number of thioether (sulfide) groups is 1. The highest BCUT2D eigenvalue weighted by Crippen LogP contribution is 2.20. The van der Waals surface area contributed by atoms with Crippen LogP contribution in [-0.4, -0.2) is 27.5 Å². The predicted octanol–water partition coefficient (Wildman–Crippen LogP) is 4.33. The summed E-state index contributed by atoms with van der Waals surface area (Å²) >= 11 is 2.40.